The van der Waals surface area contributed by atoms with Gasteiger partial charge < -0.3 is 4.74 Å². The zero-order valence-electron chi connectivity index (χ0n) is 8.19. The molecule has 1 aliphatic heterocycles. The number of ether oxygens (including phenoxy) is 1. The predicted octanol–water partition coefficient (Wildman–Crippen LogP) is 2.58. The highest BCUT2D eigenvalue weighted by Crippen LogP contribution is 2.31. The van der Waals surface area contributed by atoms with Crippen LogP contribution in [0.15, 0.2) is 35.7 Å². The summed E-state index contributed by atoms with van der Waals surface area (Å²) in [6.45, 7) is 0. The Balaban J connectivity index is 2.32. The molecule has 0 saturated heterocycles. The molecule has 2 rings (SSSR count). The molecule has 74 valence electrons. The highest BCUT2D eigenvalue weighted by Gasteiger charge is 2.23. The molecule has 14 heavy (non-hydrogen) atoms. The summed E-state index contributed by atoms with van der Waals surface area (Å²) in [6, 6.07) is 0. The first-order valence-corrected chi connectivity index (χ1v) is 4.77. The molecule has 1 amide bonds. The topological polar surface area (TPSA) is 29.5 Å². The van der Waals surface area contributed by atoms with Crippen LogP contribution in [0.2, 0.25) is 0 Å². The number of nitrogens with zero attached hydrogens (tertiary/aromatic N) is 1. The molecule has 3 heteroatoms. The maximum absolute atomic E-state index is 11.5. The number of hydrogen-bond acceptors (Lipinski definition) is 2. The van der Waals surface area contributed by atoms with Gasteiger partial charge in [-0.3, -0.25) is 4.90 Å². The van der Waals surface area contributed by atoms with Crippen LogP contribution in [0.25, 0.3) is 0 Å². The molecule has 2 aliphatic rings. The van der Waals surface area contributed by atoms with Crippen LogP contribution in [-0.2, 0) is 4.74 Å². The zero-order chi connectivity index (χ0) is 9.97. The minimum atomic E-state index is -0.306. The van der Waals surface area contributed by atoms with E-state index in [1.807, 2.05) is 12.2 Å². The second-order valence-corrected chi connectivity index (χ2v) is 3.37. The van der Waals surface area contributed by atoms with Crippen molar-refractivity contribution in [3.63, 3.8) is 0 Å². The van der Waals surface area contributed by atoms with Gasteiger partial charge in [-0.1, -0.05) is 12.2 Å². The van der Waals surface area contributed by atoms with Crippen molar-refractivity contribution in [2.45, 2.75) is 19.3 Å². The Morgan fingerprint density at radius 3 is 3.07 bits per heavy atom. The van der Waals surface area contributed by atoms with Gasteiger partial charge in [0.25, 0.3) is 0 Å². The fourth-order valence-corrected chi connectivity index (χ4v) is 1.87. The Morgan fingerprint density at radius 1 is 1.43 bits per heavy atom. The van der Waals surface area contributed by atoms with Crippen LogP contribution in [-0.4, -0.2) is 18.1 Å². The van der Waals surface area contributed by atoms with Crippen molar-refractivity contribution in [1.29, 1.82) is 0 Å². The molecular formula is C11H13NO2. The Morgan fingerprint density at radius 2 is 2.29 bits per heavy atom. The molecule has 0 N–H and O–H groups in total. The summed E-state index contributed by atoms with van der Waals surface area (Å²) in [5.74, 6) is 0. The normalized spacial score (nSPS) is 19.6. The Bertz CT molecular complexity index is 339. The van der Waals surface area contributed by atoms with Gasteiger partial charge in [0.05, 0.1) is 7.11 Å². The van der Waals surface area contributed by atoms with Gasteiger partial charge in [-0.25, -0.2) is 4.79 Å². The summed E-state index contributed by atoms with van der Waals surface area (Å²) < 4.78 is 4.73. The number of allylic oxidation sites excluding steroid dienone is 5. The van der Waals surface area contributed by atoms with Gasteiger partial charge in [-0.15, -0.1) is 0 Å². The highest BCUT2D eigenvalue weighted by atomic mass is 16.5. The third-order valence-corrected chi connectivity index (χ3v) is 2.54. The molecule has 0 unspecified atom stereocenters. The van der Waals surface area contributed by atoms with E-state index in [1.54, 1.807) is 11.1 Å². The maximum atomic E-state index is 11.5. The van der Waals surface area contributed by atoms with Crippen molar-refractivity contribution in [3.05, 3.63) is 35.7 Å². The quantitative estimate of drug-likeness (QED) is 0.589. The Hall–Kier alpha value is -1.51. The van der Waals surface area contributed by atoms with Crippen molar-refractivity contribution in [2.75, 3.05) is 7.11 Å². The van der Waals surface area contributed by atoms with Crippen LogP contribution in [0.3, 0.4) is 0 Å². The molecule has 0 atom stereocenters. The summed E-state index contributed by atoms with van der Waals surface area (Å²) in [7, 11) is 1.41. The first-order valence-electron chi connectivity index (χ1n) is 4.77. The standard InChI is InChI=1S/C11H13NO2/c1-14-11(13)12-8-3-2-5-9-6-4-7-10(9)12/h2-3,5,8H,4,6-7H2,1H3. The van der Waals surface area contributed by atoms with Crippen molar-refractivity contribution >= 4 is 6.09 Å². The van der Waals surface area contributed by atoms with Crippen molar-refractivity contribution < 1.29 is 9.53 Å². The van der Waals surface area contributed by atoms with E-state index in [-0.39, 0.29) is 6.09 Å². The lowest BCUT2D eigenvalue weighted by Crippen LogP contribution is -2.24. The monoisotopic (exact) mass is 191 g/mol. The largest absolute Gasteiger partial charge is 0.452 e. The van der Waals surface area contributed by atoms with Crippen molar-refractivity contribution in [2.24, 2.45) is 0 Å². The average molecular weight is 191 g/mol. The Kier molecular flexibility index (Phi) is 2.39. The van der Waals surface area contributed by atoms with Crippen LogP contribution < -0.4 is 0 Å². The first-order chi connectivity index (χ1) is 6.83. The average Bonchev–Trinajstić information content (AvgIpc) is 2.57. The molecule has 0 saturated carbocycles. The maximum Gasteiger partial charge on any atom is 0.417 e. The molecule has 0 spiro atoms. The van der Waals surface area contributed by atoms with E-state index in [1.165, 1.54) is 12.7 Å². The van der Waals surface area contributed by atoms with E-state index in [0.29, 0.717) is 0 Å². The minimum Gasteiger partial charge on any atom is -0.452 e. The van der Waals surface area contributed by atoms with Gasteiger partial charge in [0.2, 0.25) is 0 Å². The van der Waals surface area contributed by atoms with Crippen LogP contribution in [0, 0.1) is 0 Å². The lowest BCUT2D eigenvalue weighted by atomic mass is 10.2. The van der Waals surface area contributed by atoms with Crippen molar-refractivity contribution in [1.82, 2.24) is 4.90 Å². The van der Waals surface area contributed by atoms with Gasteiger partial charge in [-0.05, 0) is 30.9 Å². The fraction of sp³-hybridized carbons (Fsp3) is 0.364. The number of rotatable bonds is 0. The summed E-state index contributed by atoms with van der Waals surface area (Å²) in [5, 5.41) is 0. The van der Waals surface area contributed by atoms with Gasteiger partial charge in [-0.2, -0.15) is 0 Å². The second kappa shape index (κ2) is 3.70. The summed E-state index contributed by atoms with van der Waals surface area (Å²) >= 11 is 0. The molecule has 0 radical (unpaired) electrons. The van der Waals surface area contributed by atoms with E-state index in [2.05, 4.69) is 6.08 Å². The van der Waals surface area contributed by atoms with Gasteiger partial charge in [0, 0.05) is 11.9 Å². The van der Waals surface area contributed by atoms with Crippen LogP contribution in [0.1, 0.15) is 19.3 Å². The smallest absolute Gasteiger partial charge is 0.417 e. The molecular weight excluding hydrogens is 178 g/mol. The number of hydrogen-bond donors (Lipinski definition) is 0. The molecule has 1 aliphatic carbocycles. The van der Waals surface area contributed by atoms with E-state index in [0.717, 1.165) is 25.0 Å². The molecule has 0 aromatic heterocycles. The number of carbonyl (C=O) groups excluding carboxylic acids is 1. The molecule has 0 fully saturated rings. The van der Waals surface area contributed by atoms with E-state index >= 15 is 0 Å². The second-order valence-electron chi connectivity index (χ2n) is 3.37. The molecule has 0 aromatic carbocycles. The fourth-order valence-electron chi connectivity index (χ4n) is 1.87. The Labute approximate surface area is 83.3 Å². The van der Waals surface area contributed by atoms with E-state index in [4.69, 9.17) is 4.74 Å². The third kappa shape index (κ3) is 1.45. The lowest BCUT2D eigenvalue weighted by molar-refractivity contribution is 0.148. The minimum absolute atomic E-state index is 0.306. The zero-order valence-corrected chi connectivity index (χ0v) is 8.19. The van der Waals surface area contributed by atoms with Crippen LogP contribution in [0.4, 0.5) is 4.79 Å². The summed E-state index contributed by atoms with van der Waals surface area (Å²) in [5.41, 5.74) is 2.34. The molecule has 1 heterocycles. The van der Waals surface area contributed by atoms with Gasteiger partial charge >= 0.3 is 6.09 Å². The van der Waals surface area contributed by atoms with E-state index < -0.39 is 0 Å². The van der Waals surface area contributed by atoms with Gasteiger partial charge in [0.1, 0.15) is 0 Å². The summed E-state index contributed by atoms with van der Waals surface area (Å²) in [6.07, 6.45) is 10.5. The summed E-state index contributed by atoms with van der Waals surface area (Å²) in [4.78, 5) is 13.1. The molecule has 0 aromatic rings. The number of carbonyl (C=O) groups is 1. The highest BCUT2D eigenvalue weighted by molar-refractivity contribution is 5.72. The van der Waals surface area contributed by atoms with Gasteiger partial charge in [0.15, 0.2) is 0 Å². The molecule has 3 nitrogen and oxygen atoms in total. The van der Waals surface area contributed by atoms with Crippen molar-refractivity contribution in [3.8, 4) is 0 Å². The van der Waals surface area contributed by atoms with E-state index in [9.17, 15) is 4.79 Å². The SMILES string of the molecule is COC(=O)N1C=CC=CC2=C1CCC2. The third-order valence-electron chi connectivity index (χ3n) is 2.54. The van der Waals surface area contributed by atoms with Crippen LogP contribution in [0.5, 0.6) is 0 Å². The predicted molar refractivity (Wildman–Crippen MR) is 53.4 cm³/mol. The number of amides is 1. The number of methoxy groups -OCH3 is 1. The first kappa shape index (κ1) is 9.06. The lowest BCUT2D eigenvalue weighted by Gasteiger charge is -2.18. The molecule has 0 bridgehead atoms. The van der Waals surface area contributed by atoms with Crippen LogP contribution >= 0.6 is 0 Å².